The highest BCUT2D eigenvalue weighted by Crippen LogP contribution is 2.25. The van der Waals surface area contributed by atoms with Crippen molar-refractivity contribution in [3.63, 3.8) is 0 Å². The maximum Gasteiger partial charge on any atom is 0.0663 e. The molecule has 1 aromatic rings. The van der Waals surface area contributed by atoms with Gasteiger partial charge in [0, 0.05) is 19.4 Å². The van der Waals surface area contributed by atoms with Gasteiger partial charge in [0.15, 0.2) is 0 Å². The topological polar surface area (TPSA) is 80.4 Å². The van der Waals surface area contributed by atoms with Crippen molar-refractivity contribution < 1.29 is 9.84 Å². The van der Waals surface area contributed by atoms with Crippen molar-refractivity contribution in [2.24, 2.45) is 0 Å². The zero-order valence-corrected chi connectivity index (χ0v) is 9.15. The van der Waals surface area contributed by atoms with E-state index in [-0.39, 0.29) is 12.1 Å². The normalized spacial score (nSPS) is 19.3. The van der Waals surface area contributed by atoms with Crippen LogP contribution in [-0.4, -0.2) is 35.5 Å². The van der Waals surface area contributed by atoms with Gasteiger partial charge >= 0.3 is 0 Å². The number of nitrogens with one attached hydrogen (secondary N) is 1. The molecular formula is C11H17N3O2. The maximum absolute atomic E-state index is 9.50. The Morgan fingerprint density at radius 3 is 2.81 bits per heavy atom. The SMILES string of the molecule is Nc1cncc(NC2(CO)CCOCC2)c1. The Labute approximate surface area is 94.6 Å². The van der Waals surface area contributed by atoms with E-state index in [1.165, 1.54) is 0 Å². The molecule has 4 N–H and O–H groups in total. The molecular weight excluding hydrogens is 206 g/mol. The van der Waals surface area contributed by atoms with E-state index < -0.39 is 0 Å². The van der Waals surface area contributed by atoms with Crippen LogP contribution in [-0.2, 0) is 4.74 Å². The molecule has 16 heavy (non-hydrogen) atoms. The van der Waals surface area contributed by atoms with Crippen molar-refractivity contribution in [1.82, 2.24) is 4.98 Å². The number of nitrogens with two attached hydrogens (primary N) is 1. The van der Waals surface area contributed by atoms with Crippen LogP contribution < -0.4 is 11.1 Å². The van der Waals surface area contributed by atoms with Crippen LogP contribution in [0.2, 0.25) is 0 Å². The Morgan fingerprint density at radius 2 is 2.19 bits per heavy atom. The average Bonchev–Trinajstić information content (AvgIpc) is 2.30. The molecule has 5 heteroatoms. The first-order chi connectivity index (χ1) is 7.74. The first-order valence-corrected chi connectivity index (χ1v) is 5.41. The summed E-state index contributed by atoms with van der Waals surface area (Å²) in [6, 6.07) is 1.82. The summed E-state index contributed by atoms with van der Waals surface area (Å²) in [4.78, 5) is 4.01. The molecule has 0 bridgehead atoms. The zero-order chi connectivity index (χ0) is 11.4. The Hall–Kier alpha value is -1.33. The molecule has 1 saturated heterocycles. The number of ether oxygens (including phenoxy) is 1. The van der Waals surface area contributed by atoms with Crippen molar-refractivity contribution in [2.45, 2.75) is 18.4 Å². The standard InChI is InChI=1S/C11H17N3O2/c12-9-5-10(7-13-6-9)14-11(8-15)1-3-16-4-2-11/h5-7,14-15H,1-4,8,12H2. The van der Waals surface area contributed by atoms with E-state index in [9.17, 15) is 5.11 Å². The lowest BCUT2D eigenvalue weighted by Crippen LogP contribution is -2.46. The van der Waals surface area contributed by atoms with Gasteiger partial charge in [0.2, 0.25) is 0 Å². The van der Waals surface area contributed by atoms with Gasteiger partial charge in [-0.2, -0.15) is 0 Å². The number of hydrogen-bond donors (Lipinski definition) is 3. The molecule has 1 fully saturated rings. The summed E-state index contributed by atoms with van der Waals surface area (Å²) in [5.41, 5.74) is 6.82. The van der Waals surface area contributed by atoms with E-state index >= 15 is 0 Å². The number of nitrogen functional groups attached to an aromatic ring is 1. The monoisotopic (exact) mass is 223 g/mol. The van der Waals surface area contributed by atoms with E-state index in [0.717, 1.165) is 18.5 Å². The minimum absolute atomic E-state index is 0.0885. The lowest BCUT2D eigenvalue weighted by atomic mass is 9.91. The molecule has 0 radical (unpaired) electrons. The van der Waals surface area contributed by atoms with Crippen molar-refractivity contribution in [3.05, 3.63) is 18.5 Å². The summed E-state index contributed by atoms with van der Waals surface area (Å²) in [6.07, 6.45) is 4.89. The molecule has 0 aromatic carbocycles. The van der Waals surface area contributed by atoms with Crippen LogP contribution in [0.4, 0.5) is 11.4 Å². The average molecular weight is 223 g/mol. The largest absolute Gasteiger partial charge is 0.397 e. The first kappa shape index (κ1) is 11.2. The molecule has 5 nitrogen and oxygen atoms in total. The van der Waals surface area contributed by atoms with Gasteiger partial charge in [-0.3, -0.25) is 4.98 Å². The van der Waals surface area contributed by atoms with Crippen molar-refractivity contribution in [2.75, 3.05) is 30.9 Å². The van der Waals surface area contributed by atoms with E-state index in [1.807, 2.05) is 6.07 Å². The fourth-order valence-electron chi connectivity index (χ4n) is 1.92. The minimum Gasteiger partial charge on any atom is -0.397 e. The molecule has 1 aliphatic heterocycles. The van der Waals surface area contributed by atoms with Crippen LogP contribution in [0, 0.1) is 0 Å². The number of rotatable bonds is 3. The molecule has 0 amide bonds. The number of anilines is 2. The molecule has 0 atom stereocenters. The number of aliphatic hydroxyl groups is 1. The van der Waals surface area contributed by atoms with Crippen molar-refractivity contribution >= 4 is 11.4 Å². The Kier molecular flexibility index (Phi) is 3.26. The van der Waals surface area contributed by atoms with E-state index in [1.54, 1.807) is 12.4 Å². The maximum atomic E-state index is 9.50. The van der Waals surface area contributed by atoms with Crippen molar-refractivity contribution in [3.8, 4) is 0 Å². The molecule has 1 aromatic heterocycles. The van der Waals surface area contributed by atoms with Gasteiger partial charge in [-0.15, -0.1) is 0 Å². The van der Waals surface area contributed by atoms with Crippen LogP contribution in [0.5, 0.6) is 0 Å². The van der Waals surface area contributed by atoms with Crippen LogP contribution in [0.15, 0.2) is 18.5 Å². The van der Waals surface area contributed by atoms with Gasteiger partial charge in [-0.25, -0.2) is 0 Å². The third kappa shape index (κ3) is 2.43. The van der Waals surface area contributed by atoms with Crippen LogP contribution in [0.3, 0.4) is 0 Å². The quantitative estimate of drug-likeness (QED) is 0.700. The number of pyridine rings is 1. The number of nitrogens with zero attached hydrogens (tertiary/aromatic N) is 1. The molecule has 88 valence electrons. The Bertz CT molecular complexity index is 351. The van der Waals surface area contributed by atoms with Crippen LogP contribution in [0.25, 0.3) is 0 Å². The molecule has 0 saturated carbocycles. The van der Waals surface area contributed by atoms with Crippen LogP contribution in [0.1, 0.15) is 12.8 Å². The van der Waals surface area contributed by atoms with Gasteiger partial charge in [0.05, 0.1) is 29.7 Å². The van der Waals surface area contributed by atoms with Gasteiger partial charge in [-0.1, -0.05) is 0 Å². The Balaban J connectivity index is 2.11. The smallest absolute Gasteiger partial charge is 0.0663 e. The lowest BCUT2D eigenvalue weighted by molar-refractivity contribution is 0.0380. The highest BCUT2D eigenvalue weighted by atomic mass is 16.5. The fourth-order valence-corrected chi connectivity index (χ4v) is 1.92. The molecule has 0 spiro atoms. The Morgan fingerprint density at radius 1 is 1.44 bits per heavy atom. The molecule has 1 aliphatic rings. The third-order valence-corrected chi connectivity index (χ3v) is 2.92. The molecule has 2 heterocycles. The summed E-state index contributed by atoms with van der Waals surface area (Å²) in [5, 5.41) is 12.8. The zero-order valence-electron chi connectivity index (χ0n) is 9.15. The van der Waals surface area contributed by atoms with Gasteiger partial charge in [0.25, 0.3) is 0 Å². The second-order valence-electron chi connectivity index (χ2n) is 4.18. The third-order valence-electron chi connectivity index (χ3n) is 2.92. The summed E-state index contributed by atoms with van der Waals surface area (Å²) in [5.74, 6) is 0. The van der Waals surface area contributed by atoms with Gasteiger partial charge in [-0.05, 0) is 18.9 Å². The predicted molar refractivity (Wildman–Crippen MR) is 62.1 cm³/mol. The number of aliphatic hydroxyl groups excluding tert-OH is 1. The van der Waals surface area contributed by atoms with Gasteiger partial charge in [0.1, 0.15) is 0 Å². The number of hydrogen-bond acceptors (Lipinski definition) is 5. The minimum atomic E-state index is -0.298. The highest BCUT2D eigenvalue weighted by Gasteiger charge is 2.31. The van der Waals surface area contributed by atoms with E-state index in [0.29, 0.717) is 18.9 Å². The van der Waals surface area contributed by atoms with Gasteiger partial charge < -0.3 is 20.9 Å². The number of aromatic nitrogens is 1. The van der Waals surface area contributed by atoms with Crippen LogP contribution >= 0.6 is 0 Å². The summed E-state index contributed by atoms with van der Waals surface area (Å²) < 4.78 is 5.30. The molecule has 2 rings (SSSR count). The molecule has 0 unspecified atom stereocenters. The first-order valence-electron chi connectivity index (χ1n) is 5.41. The fraction of sp³-hybridized carbons (Fsp3) is 0.545. The lowest BCUT2D eigenvalue weighted by Gasteiger charge is -2.37. The van der Waals surface area contributed by atoms with E-state index in [2.05, 4.69) is 10.3 Å². The summed E-state index contributed by atoms with van der Waals surface area (Å²) in [7, 11) is 0. The highest BCUT2D eigenvalue weighted by molar-refractivity contribution is 5.52. The van der Waals surface area contributed by atoms with E-state index in [4.69, 9.17) is 10.5 Å². The second-order valence-corrected chi connectivity index (χ2v) is 4.18. The summed E-state index contributed by atoms with van der Waals surface area (Å²) in [6.45, 7) is 1.43. The van der Waals surface area contributed by atoms with Crippen molar-refractivity contribution in [1.29, 1.82) is 0 Å². The molecule has 0 aliphatic carbocycles. The summed E-state index contributed by atoms with van der Waals surface area (Å²) >= 11 is 0. The second kappa shape index (κ2) is 4.67. The predicted octanol–water partition coefficient (Wildman–Crippen LogP) is 0.617.